The van der Waals surface area contributed by atoms with Crippen molar-refractivity contribution >= 4 is 15.9 Å². The Bertz CT molecular complexity index is 294. The topological polar surface area (TPSA) is 12.9 Å². The van der Waals surface area contributed by atoms with Crippen LogP contribution in [0.25, 0.3) is 0 Å². The van der Waals surface area contributed by atoms with Gasteiger partial charge in [-0.15, -0.1) is 0 Å². The van der Waals surface area contributed by atoms with Gasteiger partial charge in [0.05, 0.1) is 5.56 Å². The van der Waals surface area contributed by atoms with Gasteiger partial charge in [-0.25, -0.2) is 0 Å². The minimum atomic E-state index is -4.30. The fourth-order valence-corrected chi connectivity index (χ4v) is 1.28. The molecule has 1 unspecified atom stereocenters. The van der Waals surface area contributed by atoms with Crippen LogP contribution in [0.5, 0.6) is 0 Å². The van der Waals surface area contributed by atoms with E-state index in [9.17, 15) is 13.2 Å². The van der Waals surface area contributed by atoms with E-state index in [0.717, 1.165) is 12.3 Å². The summed E-state index contributed by atoms with van der Waals surface area (Å²) in [6.45, 7) is 1.89. The van der Waals surface area contributed by atoms with Crippen LogP contribution in [-0.2, 0) is 6.18 Å². The molecule has 0 N–H and O–H groups in total. The lowest BCUT2D eigenvalue weighted by atomic mass is 10.1. The molecular weight excluding hydrogens is 259 g/mol. The Morgan fingerprint density at radius 2 is 2.07 bits per heavy atom. The van der Waals surface area contributed by atoms with E-state index in [1.165, 1.54) is 6.07 Å². The lowest BCUT2D eigenvalue weighted by molar-refractivity contribution is -0.137. The van der Waals surface area contributed by atoms with Crippen LogP contribution < -0.4 is 0 Å². The number of pyridine rings is 1. The molecule has 0 saturated carbocycles. The molecule has 1 aromatic rings. The van der Waals surface area contributed by atoms with Crippen molar-refractivity contribution in [3.63, 3.8) is 0 Å². The summed E-state index contributed by atoms with van der Waals surface area (Å²) in [7, 11) is 0. The molecular formula is C9H9BrF3N. The molecule has 1 rings (SSSR count). The highest BCUT2D eigenvalue weighted by Crippen LogP contribution is 2.29. The minimum absolute atomic E-state index is 0.122. The maximum Gasteiger partial charge on any atom is 0.417 e. The zero-order chi connectivity index (χ0) is 10.8. The lowest BCUT2D eigenvalue weighted by Gasteiger charge is -2.09. The minimum Gasteiger partial charge on any atom is -0.260 e. The van der Waals surface area contributed by atoms with Crippen LogP contribution in [-0.4, -0.2) is 10.3 Å². The first kappa shape index (κ1) is 11.5. The standard InChI is InChI=1S/C9H9BrF3N/c1-6(4-10)8-3-2-7(5-14-8)9(11,12)13/h2-3,5-6H,4H2,1H3. The monoisotopic (exact) mass is 267 g/mol. The number of hydrogen-bond acceptors (Lipinski definition) is 1. The van der Waals surface area contributed by atoms with Crippen molar-refractivity contribution in [2.24, 2.45) is 0 Å². The van der Waals surface area contributed by atoms with Crippen LogP contribution in [0.2, 0.25) is 0 Å². The number of rotatable bonds is 2. The van der Waals surface area contributed by atoms with E-state index in [4.69, 9.17) is 0 Å². The van der Waals surface area contributed by atoms with Crippen molar-refractivity contribution < 1.29 is 13.2 Å². The zero-order valence-electron chi connectivity index (χ0n) is 7.48. The van der Waals surface area contributed by atoms with E-state index in [1.54, 1.807) is 0 Å². The van der Waals surface area contributed by atoms with E-state index >= 15 is 0 Å². The van der Waals surface area contributed by atoms with Gasteiger partial charge in [0.15, 0.2) is 0 Å². The number of halogens is 4. The van der Waals surface area contributed by atoms with Crippen LogP contribution in [0.15, 0.2) is 18.3 Å². The van der Waals surface area contributed by atoms with Gasteiger partial charge < -0.3 is 0 Å². The van der Waals surface area contributed by atoms with Crippen LogP contribution in [0.1, 0.15) is 24.1 Å². The maximum absolute atomic E-state index is 12.2. The summed E-state index contributed by atoms with van der Waals surface area (Å²) in [6.07, 6.45) is -3.43. The van der Waals surface area contributed by atoms with Crippen molar-refractivity contribution in [1.29, 1.82) is 0 Å². The number of nitrogens with zero attached hydrogens (tertiary/aromatic N) is 1. The number of aromatic nitrogens is 1. The third-order valence-corrected chi connectivity index (χ3v) is 2.82. The molecule has 0 spiro atoms. The van der Waals surface area contributed by atoms with Crippen molar-refractivity contribution in [3.05, 3.63) is 29.6 Å². The molecule has 1 nitrogen and oxygen atoms in total. The van der Waals surface area contributed by atoms with E-state index in [0.29, 0.717) is 11.0 Å². The summed E-state index contributed by atoms with van der Waals surface area (Å²) in [6, 6.07) is 2.47. The Labute approximate surface area is 88.5 Å². The van der Waals surface area contributed by atoms with Gasteiger partial charge in [-0.05, 0) is 12.1 Å². The second-order valence-electron chi connectivity index (χ2n) is 3.02. The number of hydrogen-bond donors (Lipinski definition) is 0. The first-order valence-electron chi connectivity index (χ1n) is 4.04. The lowest BCUT2D eigenvalue weighted by Crippen LogP contribution is -2.07. The van der Waals surface area contributed by atoms with Gasteiger partial charge in [0, 0.05) is 23.1 Å². The molecule has 1 atom stereocenters. The molecule has 5 heteroatoms. The Hall–Kier alpha value is -0.580. The average Bonchev–Trinajstić information content (AvgIpc) is 2.15. The van der Waals surface area contributed by atoms with Gasteiger partial charge in [-0.2, -0.15) is 13.2 Å². The first-order valence-corrected chi connectivity index (χ1v) is 5.16. The molecule has 0 fully saturated rings. The normalized spacial score (nSPS) is 14.1. The Balaban J connectivity index is 2.89. The number of alkyl halides is 4. The highest BCUT2D eigenvalue weighted by Gasteiger charge is 2.30. The predicted molar refractivity (Wildman–Crippen MR) is 51.4 cm³/mol. The quantitative estimate of drug-likeness (QED) is 0.747. The fourth-order valence-electron chi connectivity index (χ4n) is 0.944. The van der Waals surface area contributed by atoms with Gasteiger partial charge in [0.2, 0.25) is 0 Å². The Kier molecular flexibility index (Phi) is 3.53. The van der Waals surface area contributed by atoms with Gasteiger partial charge in [-0.3, -0.25) is 4.98 Å². The molecule has 78 valence electrons. The van der Waals surface area contributed by atoms with Crippen LogP contribution in [0.4, 0.5) is 13.2 Å². The summed E-state index contributed by atoms with van der Waals surface area (Å²) in [5, 5.41) is 0.686. The molecule has 0 aliphatic heterocycles. The van der Waals surface area contributed by atoms with Crippen molar-refractivity contribution in [1.82, 2.24) is 4.98 Å². The third kappa shape index (κ3) is 2.70. The van der Waals surface area contributed by atoms with Gasteiger partial charge in [-0.1, -0.05) is 22.9 Å². The smallest absolute Gasteiger partial charge is 0.260 e. The van der Waals surface area contributed by atoms with E-state index in [-0.39, 0.29) is 5.92 Å². The molecule has 0 amide bonds. The van der Waals surface area contributed by atoms with E-state index in [2.05, 4.69) is 20.9 Å². The summed E-state index contributed by atoms with van der Waals surface area (Å²) < 4.78 is 36.5. The van der Waals surface area contributed by atoms with Gasteiger partial charge >= 0.3 is 6.18 Å². The van der Waals surface area contributed by atoms with Crippen molar-refractivity contribution in [3.8, 4) is 0 Å². The summed E-state index contributed by atoms with van der Waals surface area (Å²) in [5.41, 5.74) is -0.0436. The maximum atomic E-state index is 12.2. The molecule has 0 aliphatic carbocycles. The molecule has 1 aromatic heterocycles. The Morgan fingerprint density at radius 3 is 2.43 bits per heavy atom. The van der Waals surface area contributed by atoms with Crippen LogP contribution in [0, 0.1) is 0 Å². The highest BCUT2D eigenvalue weighted by atomic mass is 79.9. The largest absolute Gasteiger partial charge is 0.417 e. The average molecular weight is 268 g/mol. The summed E-state index contributed by atoms with van der Waals surface area (Å²) in [5.74, 6) is 0.122. The fraction of sp³-hybridized carbons (Fsp3) is 0.444. The molecule has 1 heterocycles. The molecule has 0 saturated heterocycles. The zero-order valence-corrected chi connectivity index (χ0v) is 9.06. The predicted octanol–water partition coefficient (Wildman–Crippen LogP) is 3.60. The van der Waals surface area contributed by atoms with Crippen molar-refractivity contribution in [2.45, 2.75) is 19.0 Å². The van der Waals surface area contributed by atoms with Gasteiger partial charge in [0.1, 0.15) is 0 Å². The molecule has 0 bridgehead atoms. The molecule has 0 radical (unpaired) electrons. The molecule has 0 aromatic carbocycles. The summed E-state index contributed by atoms with van der Waals surface area (Å²) in [4.78, 5) is 3.77. The van der Waals surface area contributed by atoms with E-state index in [1.807, 2.05) is 6.92 Å². The second-order valence-corrected chi connectivity index (χ2v) is 3.67. The SMILES string of the molecule is CC(CBr)c1ccc(C(F)(F)F)cn1. The summed E-state index contributed by atoms with van der Waals surface area (Å²) >= 11 is 3.25. The third-order valence-electron chi connectivity index (χ3n) is 1.85. The van der Waals surface area contributed by atoms with Gasteiger partial charge in [0.25, 0.3) is 0 Å². The van der Waals surface area contributed by atoms with Crippen LogP contribution in [0.3, 0.4) is 0 Å². The van der Waals surface area contributed by atoms with Crippen LogP contribution >= 0.6 is 15.9 Å². The highest BCUT2D eigenvalue weighted by molar-refractivity contribution is 9.09. The first-order chi connectivity index (χ1) is 6.45. The Morgan fingerprint density at radius 1 is 1.43 bits per heavy atom. The van der Waals surface area contributed by atoms with E-state index < -0.39 is 11.7 Å². The molecule has 0 aliphatic rings. The molecule has 14 heavy (non-hydrogen) atoms. The second kappa shape index (κ2) is 4.29. The van der Waals surface area contributed by atoms with Crippen molar-refractivity contribution in [2.75, 3.05) is 5.33 Å².